The molecule has 2 fully saturated rings. The van der Waals surface area contributed by atoms with Gasteiger partial charge in [0, 0.05) is 22.9 Å². The molecule has 0 bridgehead atoms. The lowest BCUT2D eigenvalue weighted by atomic mass is 9.85. The van der Waals surface area contributed by atoms with Crippen LogP contribution in [0.25, 0.3) is 0 Å². The Morgan fingerprint density at radius 2 is 2.25 bits per heavy atom. The zero-order valence-electron chi connectivity index (χ0n) is 14.3. The van der Waals surface area contributed by atoms with Crippen molar-refractivity contribution in [2.75, 3.05) is 19.6 Å². The molecule has 2 atom stereocenters. The van der Waals surface area contributed by atoms with Crippen LogP contribution in [-0.2, 0) is 10.2 Å². The van der Waals surface area contributed by atoms with E-state index in [4.69, 9.17) is 0 Å². The SMILES string of the molecule is CC(CC(=O)NCC1(c2cccc(Br)c2)CC1)C1CCCNC1.Cl. The minimum Gasteiger partial charge on any atom is -0.355 e. The number of piperidine rings is 1. The lowest BCUT2D eigenvalue weighted by Gasteiger charge is -2.28. The summed E-state index contributed by atoms with van der Waals surface area (Å²) in [7, 11) is 0. The van der Waals surface area contributed by atoms with Gasteiger partial charge in [-0.3, -0.25) is 4.79 Å². The maximum atomic E-state index is 12.3. The fraction of sp³-hybridized carbons (Fsp3) is 0.632. The number of benzene rings is 1. The molecule has 1 aromatic rings. The van der Waals surface area contributed by atoms with Crippen molar-refractivity contribution < 1.29 is 4.79 Å². The minimum absolute atomic E-state index is 0. The van der Waals surface area contributed by atoms with Crippen LogP contribution >= 0.6 is 28.3 Å². The third-order valence-corrected chi connectivity index (χ3v) is 6.05. The fourth-order valence-electron chi connectivity index (χ4n) is 3.70. The Morgan fingerprint density at radius 1 is 1.46 bits per heavy atom. The Labute approximate surface area is 159 Å². The van der Waals surface area contributed by atoms with Crippen LogP contribution < -0.4 is 10.6 Å². The summed E-state index contributed by atoms with van der Waals surface area (Å²) in [5.41, 5.74) is 1.52. The number of carbonyl (C=O) groups is 1. The van der Waals surface area contributed by atoms with Crippen molar-refractivity contribution in [3.63, 3.8) is 0 Å². The molecule has 0 aromatic heterocycles. The zero-order chi connectivity index (χ0) is 16.3. The lowest BCUT2D eigenvalue weighted by Crippen LogP contribution is -2.37. The van der Waals surface area contributed by atoms with E-state index in [9.17, 15) is 4.79 Å². The van der Waals surface area contributed by atoms with Crippen LogP contribution in [0.4, 0.5) is 0 Å². The lowest BCUT2D eigenvalue weighted by molar-refractivity contribution is -0.122. The smallest absolute Gasteiger partial charge is 0.220 e. The molecule has 0 spiro atoms. The van der Waals surface area contributed by atoms with Crippen molar-refractivity contribution in [1.29, 1.82) is 0 Å². The number of nitrogens with one attached hydrogen (secondary N) is 2. The molecule has 134 valence electrons. The van der Waals surface area contributed by atoms with Gasteiger partial charge in [-0.15, -0.1) is 12.4 Å². The van der Waals surface area contributed by atoms with Crippen molar-refractivity contribution >= 4 is 34.2 Å². The molecule has 1 saturated carbocycles. The standard InChI is InChI=1S/C19H27BrN2O.ClH/c1-14(15-4-3-9-21-12-15)10-18(23)22-13-19(7-8-19)16-5-2-6-17(20)11-16;/h2,5-6,11,14-15,21H,3-4,7-10,12-13H2,1H3,(H,22,23);1H. The summed E-state index contributed by atoms with van der Waals surface area (Å²) in [6.45, 7) is 5.19. The predicted molar refractivity (Wildman–Crippen MR) is 105 cm³/mol. The number of carbonyl (C=O) groups excluding carboxylic acids is 1. The number of hydrogen-bond acceptors (Lipinski definition) is 2. The van der Waals surface area contributed by atoms with E-state index < -0.39 is 0 Å². The zero-order valence-corrected chi connectivity index (χ0v) is 16.7. The molecule has 1 amide bonds. The molecule has 1 saturated heterocycles. The van der Waals surface area contributed by atoms with E-state index in [2.05, 4.69) is 57.8 Å². The van der Waals surface area contributed by atoms with Gasteiger partial charge in [-0.05, 0) is 68.3 Å². The first kappa shape index (κ1) is 19.7. The second-order valence-electron chi connectivity index (χ2n) is 7.36. The van der Waals surface area contributed by atoms with Gasteiger partial charge in [-0.2, -0.15) is 0 Å². The molecule has 0 radical (unpaired) electrons. The van der Waals surface area contributed by atoms with Gasteiger partial charge < -0.3 is 10.6 Å². The van der Waals surface area contributed by atoms with Crippen LogP contribution in [0.1, 0.15) is 44.6 Å². The molecule has 3 rings (SSSR count). The molecule has 2 N–H and O–H groups in total. The highest BCUT2D eigenvalue weighted by atomic mass is 79.9. The highest BCUT2D eigenvalue weighted by Crippen LogP contribution is 2.48. The summed E-state index contributed by atoms with van der Waals surface area (Å²) in [5, 5.41) is 6.64. The molecular weight excluding hydrogens is 388 g/mol. The Balaban J connectivity index is 0.00000208. The summed E-state index contributed by atoms with van der Waals surface area (Å²) in [6, 6.07) is 8.51. The Bertz CT molecular complexity index is 556. The second kappa shape index (κ2) is 8.68. The normalized spacial score (nSPS) is 23.0. The maximum absolute atomic E-state index is 12.3. The van der Waals surface area contributed by atoms with E-state index in [-0.39, 0.29) is 23.7 Å². The van der Waals surface area contributed by atoms with Crippen molar-refractivity contribution in [2.45, 2.75) is 44.4 Å². The van der Waals surface area contributed by atoms with Crippen molar-refractivity contribution in [2.24, 2.45) is 11.8 Å². The third-order valence-electron chi connectivity index (χ3n) is 5.56. The van der Waals surface area contributed by atoms with E-state index in [0.29, 0.717) is 18.3 Å². The van der Waals surface area contributed by atoms with Gasteiger partial charge in [0.25, 0.3) is 0 Å². The van der Waals surface area contributed by atoms with Gasteiger partial charge in [-0.1, -0.05) is 35.0 Å². The van der Waals surface area contributed by atoms with Gasteiger partial charge in [0.05, 0.1) is 0 Å². The quantitative estimate of drug-likeness (QED) is 0.736. The summed E-state index contributed by atoms with van der Waals surface area (Å²) >= 11 is 3.55. The van der Waals surface area contributed by atoms with Crippen LogP contribution in [0.3, 0.4) is 0 Å². The van der Waals surface area contributed by atoms with Crippen LogP contribution in [-0.4, -0.2) is 25.5 Å². The average Bonchev–Trinajstić information content (AvgIpc) is 3.35. The van der Waals surface area contributed by atoms with Gasteiger partial charge in [0.15, 0.2) is 0 Å². The van der Waals surface area contributed by atoms with Crippen LogP contribution in [0.5, 0.6) is 0 Å². The van der Waals surface area contributed by atoms with Crippen LogP contribution in [0.15, 0.2) is 28.7 Å². The maximum Gasteiger partial charge on any atom is 0.220 e. The fourth-order valence-corrected chi connectivity index (χ4v) is 4.10. The molecule has 1 aliphatic heterocycles. The molecule has 2 aliphatic rings. The van der Waals surface area contributed by atoms with Gasteiger partial charge in [-0.25, -0.2) is 0 Å². The molecule has 3 nitrogen and oxygen atoms in total. The van der Waals surface area contributed by atoms with E-state index in [1.807, 2.05) is 0 Å². The Morgan fingerprint density at radius 3 is 2.88 bits per heavy atom. The number of hydrogen-bond donors (Lipinski definition) is 2. The average molecular weight is 416 g/mol. The summed E-state index contributed by atoms with van der Waals surface area (Å²) in [4.78, 5) is 12.3. The summed E-state index contributed by atoms with van der Waals surface area (Å²) in [6.07, 6.45) is 5.49. The van der Waals surface area contributed by atoms with Crippen molar-refractivity contribution in [3.8, 4) is 0 Å². The number of rotatable bonds is 6. The first-order valence-electron chi connectivity index (χ1n) is 8.82. The summed E-state index contributed by atoms with van der Waals surface area (Å²) < 4.78 is 1.12. The molecular formula is C19H28BrClN2O. The van der Waals surface area contributed by atoms with Crippen LogP contribution in [0, 0.1) is 11.8 Å². The van der Waals surface area contributed by atoms with Crippen molar-refractivity contribution in [3.05, 3.63) is 34.3 Å². The topological polar surface area (TPSA) is 41.1 Å². The molecule has 5 heteroatoms. The molecule has 1 heterocycles. The van der Waals surface area contributed by atoms with E-state index in [1.165, 1.54) is 31.2 Å². The second-order valence-corrected chi connectivity index (χ2v) is 8.27. The highest BCUT2D eigenvalue weighted by molar-refractivity contribution is 9.10. The van der Waals surface area contributed by atoms with Crippen LogP contribution in [0.2, 0.25) is 0 Å². The summed E-state index contributed by atoms with van der Waals surface area (Å²) in [5.74, 6) is 1.32. The monoisotopic (exact) mass is 414 g/mol. The number of amides is 1. The molecule has 24 heavy (non-hydrogen) atoms. The third kappa shape index (κ3) is 4.96. The Kier molecular flexibility index (Phi) is 7.14. The van der Waals surface area contributed by atoms with Gasteiger partial charge in [0.2, 0.25) is 5.91 Å². The number of halogens is 2. The van der Waals surface area contributed by atoms with E-state index in [1.54, 1.807) is 0 Å². The first-order valence-corrected chi connectivity index (χ1v) is 9.62. The largest absolute Gasteiger partial charge is 0.355 e. The molecule has 1 aliphatic carbocycles. The van der Waals surface area contributed by atoms with E-state index in [0.717, 1.165) is 24.1 Å². The molecule has 2 unspecified atom stereocenters. The van der Waals surface area contributed by atoms with E-state index >= 15 is 0 Å². The first-order chi connectivity index (χ1) is 11.1. The van der Waals surface area contributed by atoms with Crippen molar-refractivity contribution in [1.82, 2.24) is 10.6 Å². The van der Waals surface area contributed by atoms with Gasteiger partial charge in [0.1, 0.15) is 0 Å². The molecule has 1 aromatic carbocycles. The minimum atomic E-state index is 0. The van der Waals surface area contributed by atoms with Gasteiger partial charge >= 0.3 is 0 Å². The Hall–Kier alpha value is -0.580. The highest BCUT2D eigenvalue weighted by Gasteiger charge is 2.44. The predicted octanol–water partition coefficient (Wildman–Crippen LogP) is 4.04.